The highest BCUT2D eigenvalue weighted by atomic mass is 19.1. The first-order valence-corrected chi connectivity index (χ1v) is 4.07. The van der Waals surface area contributed by atoms with E-state index in [0.717, 1.165) is 12.1 Å². The molecule has 0 amide bonds. The lowest BCUT2D eigenvalue weighted by molar-refractivity contribution is 0.100. The highest BCUT2D eigenvalue weighted by Gasteiger charge is 2.15. The van der Waals surface area contributed by atoms with Gasteiger partial charge in [0.2, 0.25) is 5.78 Å². The summed E-state index contributed by atoms with van der Waals surface area (Å²) in [6.45, 7) is 0. The van der Waals surface area contributed by atoms with Crippen LogP contribution in [0.2, 0.25) is 0 Å². The average Bonchev–Trinajstić information content (AvgIpc) is 2.67. The minimum Gasteiger partial charge on any atom is -0.442 e. The summed E-state index contributed by atoms with van der Waals surface area (Å²) in [7, 11) is 0. The molecule has 15 heavy (non-hydrogen) atoms. The molecule has 76 valence electrons. The lowest BCUT2D eigenvalue weighted by atomic mass is 10.1. The second-order valence-electron chi connectivity index (χ2n) is 2.82. The summed E-state index contributed by atoms with van der Waals surface area (Å²) in [6.07, 6.45) is 2.49. The van der Waals surface area contributed by atoms with Crippen LogP contribution >= 0.6 is 0 Å². The number of nitrogens with zero attached hydrogens (tertiary/aromatic N) is 1. The highest BCUT2D eigenvalue weighted by molar-refractivity contribution is 6.05. The van der Waals surface area contributed by atoms with Gasteiger partial charge in [0.1, 0.15) is 17.9 Å². The largest absolute Gasteiger partial charge is 0.442 e. The van der Waals surface area contributed by atoms with Gasteiger partial charge in [0.05, 0.1) is 6.20 Å². The molecule has 0 fully saturated rings. The Morgan fingerprint density at radius 1 is 1.20 bits per heavy atom. The number of carbonyl (C=O) groups is 1. The fourth-order valence-electron chi connectivity index (χ4n) is 1.14. The van der Waals surface area contributed by atoms with E-state index in [4.69, 9.17) is 4.42 Å². The summed E-state index contributed by atoms with van der Waals surface area (Å²) in [6, 6.07) is 2.54. The number of rotatable bonds is 2. The number of ketones is 1. The Kier molecular flexibility index (Phi) is 2.29. The average molecular weight is 209 g/mol. The first-order valence-electron chi connectivity index (χ1n) is 4.07. The molecule has 2 aromatic rings. The zero-order valence-corrected chi connectivity index (χ0v) is 7.41. The van der Waals surface area contributed by atoms with Gasteiger partial charge in [-0.2, -0.15) is 0 Å². The predicted octanol–water partition coefficient (Wildman–Crippen LogP) is 2.18. The number of halogens is 2. The molecule has 0 saturated heterocycles. The molecule has 0 aliphatic heterocycles. The minimum atomic E-state index is -0.815. The molecule has 0 unspecified atom stereocenters. The summed E-state index contributed by atoms with van der Waals surface area (Å²) < 4.78 is 30.3. The summed E-state index contributed by atoms with van der Waals surface area (Å²) in [5.74, 6) is -2.48. The van der Waals surface area contributed by atoms with E-state index in [0.29, 0.717) is 6.07 Å². The van der Waals surface area contributed by atoms with Crippen molar-refractivity contribution in [3.8, 4) is 0 Å². The van der Waals surface area contributed by atoms with Crippen LogP contribution in [0.3, 0.4) is 0 Å². The van der Waals surface area contributed by atoms with Crippen molar-refractivity contribution in [1.29, 1.82) is 0 Å². The van der Waals surface area contributed by atoms with E-state index >= 15 is 0 Å². The summed E-state index contributed by atoms with van der Waals surface area (Å²) in [4.78, 5) is 15.1. The molecule has 1 aromatic heterocycles. The Morgan fingerprint density at radius 2 is 1.87 bits per heavy atom. The van der Waals surface area contributed by atoms with E-state index in [1.165, 1.54) is 12.5 Å². The molecule has 0 aliphatic carbocycles. The predicted molar refractivity (Wildman–Crippen MR) is 46.3 cm³/mol. The third-order valence-electron chi connectivity index (χ3n) is 1.75. The Morgan fingerprint density at radius 3 is 2.40 bits per heavy atom. The SMILES string of the molecule is O=C(c1cc(F)cc(F)c1)c1ncco1. The number of hydrogen-bond acceptors (Lipinski definition) is 3. The highest BCUT2D eigenvalue weighted by Crippen LogP contribution is 2.12. The molecule has 0 N–H and O–H groups in total. The van der Waals surface area contributed by atoms with Gasteiger partial charge in [-0.15, -0.1) is 0 Å². The van der Waals surface area contributed by atoms with Gasteiger partial charge < -0.3 is 4.42 Å². The van der Waals surface area contributed by atoms with Crippen molar-refractivity contribution in [2.45, 2.75) is 0 Å². The van der Waals surface area contributed by atoms with Crippen molar-refractivity contribution >= 4 is 5.78 Å². The molecule has 0 atom stereocenters. The van der Waals surface area contributed by atoms with Crippen LogP contribution in [0.15, 0.2) is 35.1 Å². The molecule has 3 nitrogen and oxygen atoms in total. The maximum Gasteiger partial charge on any atom is 0.268 e. The summed E-state index contributed by atoms with van der Waals surface area (Å²) in [5, 5.41) is 0. The molecule has 1 heterocycles. The van der Waals surface area contributed by atoms with E-state index in [9.17, 15) is 13.6 Å². The third kappa shape index (κ3) is 1.90. The van der Waals surface area contributed by atoms with E-state index < -0.39 is 17.4 Å². The quantitative estimate of drug-likeness (QED) is 0.712. The van der Waals surface area contributed by atoms with Crippen molar-refractivity contribution in [2.24, 2.45) is 0 Å². The van der Waals surface area contributed by atoms with Crippen LogP contribution < -0.4 is 0 Å². The van der Waals surface area contributed by atoms with Crippen LogP contribution in [0.1, 0.15) is 16.2 Å². The van der Waals surface area contributed by atoms with Gasteiger partial charge in [-0.25, -0.2) is 13.8 Å². The van der Waals surface area contributed by atoms with Crippen LogP contribution in [0.4, 0.5) is 8.78 Å². The number of hydrogen-bond donors (Lipinski definition) is 0. The molecular weight excluding hydrogens is 204 g/mol. The normalized spacial score (nSPS) is 10.3. The molecule has 0 bridgehead atoms. The lowest BCUT2D eigenvalue weighted by Crippen LogP contribution is -2.02. The van der Waals surface area contributed by atoms with Crippen molar-refractivity contribution < 1.29 is 18.0 Å². The Hall–Kier alpha value is -2.04. The lowest BCUT2D eigenvalue weighted by Gasteiger charge is -1.97. The number of carbonyl (C=O) groups excluding carboxylic acids is 1. The molecule has 0 radical (unpaired) electrons. The van der Waals surface area contributed by atoms with Gasteiger partial charge in [0.25, 0.3) is 5.89 Å². The first-order chi connectivity index (χ1) is 7.16. The summed E-state index contributed by atoms with van der Waals surface area (Å²) in [5.41, 5.74) is -0.130. The van der Waals surface area contributed by atoms with E-state index in [1.54, 1.807) is 0 Å². The monoisotopic (exact) mass is 209 g/mol. The number of aromatic nitrogens is 1. The molecule has 0 aliphatic rings. The first kappa shape index (κ1) is 9.51. The van der Waals surface area contributed by atoms with E-state index in [1.807, 2.05) is 0 Å². The van der Waals surface area contributed by atoms with Crippen LogP contribution in [-0.2, 0) is 0 Å². The fourth-order valence-corrected chi connectivity index (χ4v) is 1.14. The van der Waals surface area contributed by atoms with E-state index in [-0.39, 0.29) is 11.5 Å². The standard InChI is InChI=1S/C10H5F2NO2/c11-7-3-6(4-8(12)5-7)9(14)10-13-1-2-15-10/h1-5H. The summed E-state index contributed by atoms with van der Waals surface area (Å²) >= 11 is 0. The molecular formula is C10H5F2NO2. The Bertz CT molecular complexity index is 474. The van der Waals surface area contributed by atoms with Crippen LogP contribution in [0.25, 0.3) is 0 Å². The second-order valence-corrected chi connectivity index (χ2v) is 2.82. The van der Waals surface area contributed by atoms with Gasteiger partial charge in [-0.3, -0.25) is 4.79 Å². The van der Waals surface area contributed by atoms with Crippen molar-refractivity contribution in [3.63, 3.8) is 0 Å². The molecule has 2 rings (SSSR count). The smallest absolute Gasteiger partial charge is 0.268 e. The fraction of sp³-hybridized carbons (Fsp3) is 0. The third-order valence-corrected chi connectivity index (χ3v) is 1.75. The number of oxazole rings is 1. The zero-order valence-electron chi connectivity index (χ0n) is 7.41. The Balaban J connectivity index is 2.42. The molecule has 1 aromatic carbocycles. The van der Waals surface area contributed by atoms with Crippen molar-refractivity contribution in [2.75, 3.05) is 0 Å². The van der Waals surface area contributed by atoms with Crippen LogP contribution in [-0.4, -0.2) is 10.8 Å². The Labute approximate surface area is 83.4 Å². The second kappa shape index (κ2) is 3.61. The maximum atomic E-state index is 12.8. The number of benzene rings is 1. The van der Waals surface area contributed by atoms with Gasteiger partial charge in [-0.1, -0.05) is 0 Å². The van der Waals surface area contributed by atoms with Gasteiger partial charge in [0.15, 0.2) is 0 Å². The molecule has 0 saturated carbocycles. The molecule has 5 heteroatoms. The van der Waals surface area contributed by atoms with Gasteiger partial charge in [-0.05, 0) is 12.1 Å². The van der Waals surface area contributed by atoms with Crippen molar-refractivity contribution in [1.82, 2.24) is 4.98 Å². The van der Waals surface area contributed by atoms with Crippen LogP contribution in [0.5, 0.6) is 0 Å². The van der Waals surface area contributed by atoms with Gasteiger partial charge in [0, 0.05) is 11.6 Å². The van der Waals surface area contributed by atoms with Gasteiger partial charge >= 0.3 is 0 Å². The minimum absolute atomic E-state index is 0.130. The van der Waals surface area contributed by atoms with E-state index in [2.05, 4.69) is 4.98 Å². The zero-order chi connectivity index (χ0) is 10.8. The van der Waals surface area contributed by atoms with Crippen LogP contribution in [0, 0.1) is 11.6 Å². The molecule has 0 spiro atoms. The topological polar surface area (TPSA) is 43.1 Å². The van der Waals surface area contributed by atoms with Crippen molar-refractivity contribution in [3.05, 3.63) is 53.7 Å². The maximum absolute atomic E-state index is 12.8.